The van der Waals surface area contributed by atoms with E-state index in [0.29, 0.717) is 30.9 Å². The number of amides is 2. The molecule has 5 rings (SSSR count). The first-order valence-electron chi connectivity index (χ1n) is 11.4. The fourth-order valence-corrected chi connectivity index (χ4v) is 4.09. The number of nitrogens with two attached hydrogens (primary N) is 1. The first kappa shape index (κ1) is 22.2. The molecule has 3 heterocycles. The van der Waals surface area contributed by atoms with Crippen molar-refractivity contribution in [2.45, 2.75) is 13.1 Å². The molecule has 176 valence electrons. The predicted octanol–water partition coefficient (Wildman–Crippen LogP) is 1.99. The molecule has 0 radical (unpaired) electrons. The van der Waals surface area contributed by atoms with E-state index in [4.69, 9.17) is 0 Å². The molecule has 2 aromatic carbocycles. The molecule has 2 aromatic heterocycles. The number of pyridine rings is 1. The van der Waals surface area contributed by atoms with Crippen LogP contribution in [0.5, 0.6) is 0 Å². The van der Waals surface area contributed by atoms with Crippen molar-refractivity contribution in [2.24, 2.45) is 0 Å². The third-order valence-corrected chi connectivity index (χ3v) is 5.81. The van der Waals surface area contributed by atoms with Gasteiger partial charge in [0, 0.05) is 37.2 Å². The van der Waals surface area contributed by atoms with Crippen LogP contribution in [0.1, 0.15) is 26.4 Å². The highest BCUT2D eigenvalue weighted by Crippen LogP contribution is 2.25. The average Bonchev–Trinajstić information content (AvgIpc) is 3.59. The van der Waals surface area contributed by atoms with Crippen LogP contribution in [0.25, 0.3) is 10.8 Å². The maximum absolute atomic E-state index is 13.3. The lowest BCUT2D eigenvalue weighted by atomic mass is 9.98. The van der Waals surface area contributed by atoms with Crippen molar-refractivity contribution in [3.63, 3.8) is 0 Å². The summed E-state index contributed by atoms with van der Waals surface area (Å²) in [4.78, 5) is 30.3. The lowest BCUT2D eigenvalue weighted by Crippen LogP contribution is -2.96. The lowest BCUT2D eigenvalue weighted by Gasteiger charge is -2.16. The first-order chi connectivity index (χ1) is 17.2. The van der Waals surface area contributed by atoms with Gasteiger partial charge in [-0.05, 0) is 46.7 Å². The smallest absolute Gasteiger partial charge is 0.272 e. The Balaban J connectivity index is 1.34. The number of nitrogens with one attached hydrogen (secondary N) is 3. The molecule has 0 spiro atoms. The SMILES string of the molecule is O=C(NCCn1cccc1)c1ncccc1NC(=O)c1ccc(CN2C=CN[NH2+]2)c2ccccc12. The number of hydrogen-bond donors (Lipinski definition) is 4. The lowest BCUT2D eigenvalue weighted by molar-refractivity contribution is -0.824. The van der Waals surface area contributed by atoms with Gasteiger partial charge in [0.15, 0.2) is 5.69 Å². The molecule has 2 amide bonds. The van der Waals surface area contributed by atoms with Gasteiger partial charge in [0.2, 0.25) is 0 Å². The molecular weight excluding hydrogens is 442 g/mol. The van der Waals surface area contributed by atoms with Crippen LogP contribution in [-0.2, 0) is 13.1 Å². The largest absolute Gasteiger partial charge is 0.353 e. The van der Waals surface area contributed by atoms with Crippen molar-refractivity contribution in [2.75, 3.05) is 11.9 Å². The Bertz CT molecular complexity index is 1380. The number of carbonyl (C=O) groups excluding carboxylic acids is 2. The molecule has 35 heavy (non-hydrogen) atoms. The molecule has 9 nitrogen and oxygen atoms in total. The zero-order valence-electron chi connectivity index (χ0n) is 19.0. The van der Waals surface area contributed by atoms with Crippen molar-refractivity contribution in [3.8, 4) is 0 Å². The number of hydrogen-bond acceptors (Lipinski definition) is 5. The summed E-state index contributed by atoms with van der Waals surface area (Å²) in [5.74, 6) is -0.631. The molecular formula is C26H26N7O2+. The van der Waals surface area contributed by atoms with Gasteiger partial charge in [-0.15, -0.1) is 5.53 Å². The second kappa shape index (κ2) is 10.1. The van der Waals surface area contributed by atoms with Gasteiger partial charge in [0.25, 0.3) is 11.8 Å². The van der Waals surface area contributed by atoms with Crippen molar-refractivity contribution in [3.05, 3.63) is 108 Å². The minimum Gasteiger partial charge on any atom is -0.353 e. The molecule has 0 bridgehead atoms. The maximum atomic E-state index is 13.3. The normalized spacial score (nSPS) is 12.5. The van der Waals surface area contributed by atoms with Crippen LogP contribution < -0.4 is 21.6 Å². The van der Waals surface area contributed by atoms with E-state index >= 15 is 0 Å². The highest BCUT2D eigenvalue weighted by atomic mass is 16.2. The Morgan fingerprint density at radius 1 is 0.943 bits per heavy atom. The molecule has 0 aliphatic carbocycles. The van der Waals surface area contributed by atoms with E-state index < -0.39 is 0 Å². The standard InChI is InChI=1S/C26H25N7O2/c34-25(22-10-9-19(18-33-17-13-29-31-33)20-6-1-2-7-21(20)22)30-23-8-5-11-27-24(23)26(35)28-12-16-32-14-3-4-15-32/h1-11,13-15,17,29,31H,12,16,18H2,(H,28,35)(H,30,34)/p+1. The Kier molecular flexibility index (Phi) is 6.40. The van der Waals surface area contributed by atoms with Crippen LogP contribution >= 0.6 is 0 Å². The van der Waals surface area contributed by atoms with Crippen LogP contribution in [0.2, 0.25) is 0 Å². The second-order valence-corrected chi connectivity index (χ2v) is 8.13. The van der Waals surface area contributed by atoms with E-state index in [9.17, 15) is 9.59 Å². The number of quaternary nitrogens is 1. The second-order valence-electron chi connectivity index (χ2n) is 8.13. The number of nitrogens with zero attached hydrogens (tertiary/aromatic N) is 3. The van der Waals surface area contributed by atoms with Crippen LogP contribution in [0, 0.1) is 0 Å². The molecule has 1 aliphatic heterocycles. The number of carbonyl (C=O) groups is 2. The van der Waals surface area contributed by atoms with Crippen LogP contribution in [0.3, 0.4) is 0 Å². The van der Waals surface area contributed by atoms with Gasteiger partial charge < -0.3 is 15.2 Å². The summed E-state index contributed by atoms with van der Waals surface area (Å²) in [6.45, 7) is 1.78. The summed E-state index contributed by atoms with van der Waals surface area (Å²) in [6.07, 6.45) is 9.24. The molecule has 1 aliphatic rings. The highest BCUT2D eigenvalue weighted by molar-refractivity contribution is 6.15. The predicted molar refractivity (Wildman–Crippen MR) is 133 cm³/mol. The van der Waals surface area contributed by atoms with Crippen molar-refractivity contribution in [1.82, 2.24) is 25.3 Å². The minimum atomic E-state index is -0.336. The molecule has 0 unspecified atom stereocenters. The summed E-state index contributed by atoms with van der Waals surface area (Å²) in [6, 6.07) is 18.9. The molecule has 0 saturated carbocycles. The van der Waals surface area contributed by atoms with Crippen LogP contribution in [0.15, 0.2) is 91.7 Å². The minimum absolute atomic E-state index is 0.179. The fraction of sp³-hybridized carbons (Fsp3) is 0.115. The van der Waals surface area contributed by atoms with Gasteiger partial charge in [0.1, 0.15) is 0 Å². The molecule has 0 fully saturated rings. The van der Waals surface area contributed by atoms with Crippen molar-refractivity contribution < 1.29 is 15.1 Å². The zero-order valence-corrected chi connectivity index (χ0v) is 19.0. The van der Waals surface area contributed by atoms with E-state index in [2.05, 4.69) is 21.0 Å². The van der Waals surface area contributed by atoms with Crippen LogP contribution in [-0.4, -0.2) is 32.9 Å². The summed E-state index contributed by atoms with van der Waals surface area (Å²) in [5, 5.41) is 9.65. The summed E-state index contributed by atoms with van der Waals surface area (Å²) >= 11 is 0. The fourth-order valence-electron chi connectivity index (χ4n) is 4.09. The van der Waals surface area contributed by atoms with Gasteiger partial charge in [0.05, 0.1) is 24.6 Å². The van der Waals surface area contributed by atoms with Crippen molar-refractivity contribution >= 4 is 28.3 Å². The molecule has 5 N–H and O–H groups in total. The van der Waals surface area contributed by atoms with Gasteiger partial charge in [-0.1, -0.05) is 30.3 Å². The Morgan fingerprint density at radius 2 is 1.77 bits per heavy atom. The number of aromatic nitrogens is 2. The van der Waals surface area contributed by atoms with Gasteiger partial charge in [-0.3, -0.25) is 9.59 Å². The molecule has 4 aromatic rings. The van der Waals surface area contributed by atoms with E-state index in [1.54, 1.807) is 18.3 Å². The quantitative estimate of drug-likeness (QED) is 0.296. The Morgan fingerprint density at radius 3 is 2.57 bits per heavy atom. The third kappa shape index (κ3) is 4.99. The first-order valence-corrected chi connectivity index (χ1v) is 11.4. The molecule has 0 atom stereocenters. The van der Waals surface area contributed by atoms with Gasteiger partial charge >= 0.3 is 0 Å². The molecule has 9 heteroatoms. The zero-order chi connectivity index (χ0) is 24.0. The number of anilines is 1. The van der Waals surface area contributed by atoms with Crippen LogP contribution in [0.4, 0.5) is 5.69 Å². The van der Waals surface area contributed by atoms with E-state index in [1.165, 1.54) is 0 Å². The number of fused-ring (bicyclic) bond motifs is 1. The van der Waals surface area contributed by atoms with E-state index in [-0.39, 0.29) is 17.5 Å². The van der Waals surface area contributed by atoms with E-state index in [0.717, 1.165) is 16.3 Å². The average molecular weight is 469 g/mol. The maximum Gasteiger partial charge on any atom is 0.272 e. The highest BCUT2D eigenvalue weighted by Gasteiger charge is 2.18. The Hall–Kier alpha value is -4.63. The summed E-state index contributed by atoms with van der Waals surface area (Å²) < 4.78 is 1.98. The van der Waals surface area contributed by atoms with Crippen molar-refractivity contribution in [1.29, 1.82) is 0 Å². The number of rotatable bonds is 8. The monoisotopic (exact) mass is 468 g/mol. The van der Waals surface area contributed by atoms with Gasteiger partial charge in [-0.2, -0.15) is 0 Å². The summed E-state index contributed by atoms with van der Waals surface area (Å²) in [5.41, 5.74) is 7.12. The topological polar surface area (TPSA) is 108 Å². The Labute approximate surface area is 202 Å². The summed E-state index contributed by atoms with van der Waals surface area (Å²) in [7, 11) is 0. The van der Waals surface area contributed by atoms with Gasteiger partial charge in [-0.25, -0.2) is 15.4 Å². The molecule has 0 saturated heterocycles. The van der Waals surface area contributed by atoms with E-state index in [1.807, 2.05) is 88.4 Å². The third-order valence-electron chi connectivity index (χ3n) is 5.81. The number of benzene rings is 2.